The number of nitrogens with zero attached hydrogens (tertiary/aromatic N) is 3. The van der Waals surface area contributed by atoms with E-state index in [1.807, 2.05) is 24.4 Å². The first kappa shape index (κ1) is 21.1. The van der Waals surface area contributed by atoms with Crippen molar-refractivity contribution in [2.24, 2.45) is 0 Å². The number of anilines is 1. The summed E-state index contributed by atoms with van der Waals surface area (Å²) >= 11 is 12.7. The third kappa shape index (κ3) is 3.38. The largest absolute Gasteiger partial charge is 0.365 e. The molecule has 4 nitrogen and oxygen atoms in total. The lowest BCUT2D eigenvalue weighted by Crippen LogP contribution is -2.42. The van der Waals surface area contributed by atoms with Gasteiger partial charge in [0.2, 0.25) is 0 Å². The number of benzene rings is 1. The molecule has 1 aromatic heterocycles. The lowest BCUT2D eigenvalue weighted by atomic mass is 9.86. The summed E-state index contributed by atoms with van der Waals surface area (Å²) in [6.45, 7) is 10.9. The molecule has 0 aliphatic carbocycles. The number of hydrogen-bond acceptors (Lipinski definition) is 3. The van der Waals surface area contributed by atoms with Crippen molar-refractivity contribution in [3.05, 3.63) is 64.4 Å². The summed E-state index contributed by atoms with van der Waals surface area (Å²) < 4.78 is 0. The maximum absolute atomic E-state index is 6.95. The fourth-order valence-corrected chi connectivity index (χ4v) is 5.39. The first-order valence-electron chi connectivity index (χ1n) is 10.4. The molecular weight excluding hydrogens is 412 g/mol. The van der Waals surface area contributed by atoms with Crippen LogP contribution < -0.4 is 10.2 Å². The number of allylic oxidation sites excluding steroid dienone is 1. The molecule has 2 aromatic rings. The standard InChI is InChI=1S/C24H29ClN4S/c1-14(2)29-22(21(27-23(29)30)19-9-7-8-10-26-19)17-11-16-15(3)13-24(4,5)28(6)20(16)12-18(17)25/h7-14,21-22H,1-6H3,(H,27,30)/t21-,22-/m1/s1. The second-order valence-corrected chi connectivity index (χ2v) is 9.85. The third-order valence-corrected chi connectivity index (χ3v) is 7.00. The monoisotopic (exact) mass is 440 g/mol. The van der Waals surface area contributed by atoms with Gasteiger partial charge in [-0.3, -0.25) is 4.98 Å². The van der Waals surface area contributed by atoms with Gasteiger partial charge in [-0.05, 0) is 82.2 Å². The van der Waals surface area contributed by atoms with E-state index in [1.165, 1.54) is 11.1 Å². The zero-order chi connectivity index (χ0) is 21.8. The Morgan fingerprint density at radius 1 is 1.23 bits per heavy atom. The van der Waals surface area contributed by atoms with Crippen LogP contribution in [0.1, 0.15) is 63.5 Å². The highest BCUT2D eigenvalue weighted by atomic mass is 35.5. The highest BCUT2D eigenvalue weighted by molar-refractivity contribution is 7.80. The lowest BCUT2D eigenvalue weighted by Gasteiger charge is -2.41. The molecule has 0 saturated carbocycles. The van der Waals surface area contributed by atoms with E-state index in [0.717, 1.165) is 27.1 Å². The lowest BCUT2D eigenvalue weighted by molar-refractivity contribution is 0.269. The Kier molecular flexibility index (Phi) is 5.31. The van der Waals surface area contributed by atoms with Crippen molar-refractivity contribution in [3.63, 3.8) is 0 Å². The highest BCUT2D eigenvalue weighted by Gasteiger charge is 2.42. The molecule has 2 aliphatic rings. The van der Waals surface area contributed by atoms with Crippen molar-refractivity contribution < 1.29 is 0 Å². The summed E-state index contributed by atoms with van der Waals surface area (Å²) in [6.07, 6.45) is 4.15. The Labute approximate surface area is 189 Å². The second-order valence-electron chi connectivity index (χ2n) is 9.06. The van der Waals surface area contributed by atoms with Gasteiger partial charge in [0.25, 0.3) is 0 Å². The maximum atomic E-state index is 6.95. The van der Waals surface area contributed by atoms with E-state index in [9.17, 15) is 0 Å². The van der Waals surface area contributed by atoms with Crippen LogP contribution in [0.5, 0.6) is 0 Å². The molecule has 1 N–H and O–H groups in total. The zero-order valence-electron chi connectivity index (χ0n) is 18.4. The van der Waals surface area contributed by atoms with Crippen LogP contribution in [0.15, 0.2) is 42.6 Å². The fourth-order valence-electron chi connectivity index (χ4n) is 4.67. The van der Waals surface area contributed by atoms with Crippen molar-refractivity contribution >= 4 is 40.2 Å². The van der Waals surface area contributed by atoms with E-state index in [2.05, 4.69) is 80.0 Å². The van der Waals surface area contributed by atoms with Crippen LogP contribution in [0.2, 0.25) is 5.02 Å². The molecule has 158 valence electrons. The number of hydrogen-bond donors (Lipinski definition) is 1. The Morgan fingerprint density at radius 3 is 2.60 bits per heavy atom. The molecule has 4 rings (SSSR count). The van der Waals surface area contributed by atoms with Crippen molar-refractivity contribution in [2.45, 2.75) is 58.3 Å². The molecule has 2 aliphatic heterocycles. The molecule has 1 saturated heterocycles. The van der Waals surface area contributed by atoms with Crippen LogP contribution in [0.4, 0.5) is 5.69 Å². The van der Waals surface area contributed by atoms with Gasteiger partial charge in [-0.25, -0.2) is 0 Å². The van der Waals surface area contributed by atoms with E-state index < -0.39 is 0 Å². The van der Waals surface area contributed by atoms with Gasteiger partial charge in [0.1, 0.15) is 0 Å². The average molecular weight is 441 g/mol. The quantitative estimate of drug-likeness (QED) is 0.614. The average Bonchev–Trinajstić information content (AvgIpc) is 3.03. The molecule has 1 fully saturated rings. The van der Waals surface area contributed by atoms with Crippen LogP contribution >= 0.6 is 23.8 Å². The van der Waals surface area contributed by atoms with Gasteiger partial charge in [-0.2, -0.15) is 0 Å². The van der Waals surface area contributed by atoms with Gasteiger partial charge in [0.15, 0.2) is 5.11 Å². The number of pyridine rings is 1. The number of thiocarbonyl (C=S) groups is 1. The first-order chi connectivity index (χ1) is 14.1. The predicted octanol–water partition coefficient (Wildman–Crippen LogP) is 5.75. The molecule has 0 radical (unpaired) electrons. The minimum absolute atomic E-state index is 0.0294. The summed E-state index contributed by atoms with van der Waals surface area (Å²) in [4.78, 5) is 9.15. The smallest absolute Gasteiger partial charge is 0.170 e. The Morgan fingerprint density at radius 2 is 1.97 bits per heavy atom. The van der Waals surface area contributed by atoms with Gasteiger partial charge < -0.3 is 15.1 Å². The zero-order valence-corrected chi connectivity index (χ0v) is 20.0. The summed E-state index contributed by atoms with van der Waals surface area (Å²) in [7, 11) is 2.13. The topological polar surface area (TPSA) is 31.4 Å². The van der Waals surface area contributed by atoms with Crippen LogP contribution in [0.3, 0.4) is 0 Å². The van der Waals surface area contributed by atoms with Gasteiger partial charge in [0, 0.05) is 35.6 Å². The number of fused-ring (bicyclic) bond motifs is 1. The van der Waals surface area contributed by atoms with E-state index in [-0.39, 0.29) is 23.7 Å². The van der Waals surface area contributed by atoms with Gasteiger partial charge in [-0.15, -0.1) is 0 Å². The number of rotatable bonds is 3. The molecular formula is C24H29ClN4S. The number of aromatic nitrogens is 1. The molecule has 6 heteroatoms. The maximum Gasteiger partial charge on any atom is 0.170 e. The third-order valence-electron chi connectivity index (χ3n) is 6.35. The molecule has 30 heavy (non-hydrogen) atoms. The molecule has 1 aromatic carbocycles. The van der Waals surface area contributed by atoms with Crippen molar-refractivity contribution in [2.75, 3.05) is 11.9 Å². The van der Waals surface area contributed by atoms with Gasteiger partial charge in [0.05, 0.1) is 23.3 Å². The summed E-state index contributed by atoms with van der Waals surface area (Å²) in [6, 6.07) is 10.5. The minimum Gasteiger partial charge on any atom is -0.365 e. The van der Waals surface area contributed by atoms with Crippen LogP contribution in [0.25, 0.3) is 5.57 Å². The first-order valence-corrected chi connectivity index (χ1v) is 11.2. The van der Waals surface area contributed by atoms with E-state index in [0.29, 0.717) is 0 Å². The number of nitrogens with one attached hydrogen (secondary N) is 1. The van der Waals surface area contributed by atoms with Crippen molar-refractivity contribution in [3.8, 4) is 0 Å². The number of halogens is 1. The summed E-state index contributed by atoms with van der Waals surface area (Å²) in [5, 5.41) is 5.00. The van der Waals surface area contributed by atoms with Crippen LogP contribution in [-0.2, 0) is 0 Å². The molecule has 0 amide bonds. The van der Waals surface area contributed by atoms with Crippen LogP contribution in [-0.4, -0.2) is 33.6 Å². The van der Waals surface area contributed by atoms with E-state index in [4.69, 9.17) is 23.8 Å². The van der Waals surface area contributed by atoms with Gasteiger partial charge >= 0.3 is 0 Å². The minimum atomic E-state index is -0.0568. The molecule has 3 heterocycles. The predicted molar refractivity (Wildman–Crippen MR) is 130 cm³/mol. The second kappa shape index (κ2) is 7.54. The molecule has 0 unspecified atom stereocenters. The SMILES string of the molecule is CC1=CC(C)(C)N(C)c2cc(Cl)c([C@@H]3[C@@H](c4ccccn4)NC(=S)N3C(C)C)cc21. The number of likely N-dealkylation sites (N-methyl/N-ethyl adjacent to an activating group) is 1. The summed E-state index contributed by atoms with van der Waals surface area (Å²) in [5.74, 6) is 0. The van der Waals surface area contributed by atoms with Crippen molar-refractivity contribution in [1.29, 1.82) is 0 Å². The van der Waals surface area contributed by atoms with E-state index in [1.54, 1.807) is 0 Å². The molecule has 2 atom stereocenters. The fraction of sp³-hybridized carbons (Fsp3) is 0.417. The molecule has 0 spiro atoms. The molecule has 0 bridgehead atoms. The highest BCUT2D eigenvalue weighted by Crippen LogP contribution is 2.47. The van der Waals surface area contributed by atoms with Gasteiger partial charge in [-0.1, -0.05) is 23.7 Å². The summed E-state index contributed by atoms with van der Waals surface area (Å²) in [5.41, 5.74) is 5.63. The normalized spacial score (nSPS) is 22.8. The van der Waals surface area contributed by atoms with E-state index >= 15 is 0 Å². The van der Waals surface area contributed by atoms with Crippen molar-refractivity contribution in [1.82, 2.24) is 15.2 Å². The van der Waals surface area contributed by atoms with Crippen LogP contribution in [0, 0.1) is 0 Å². The Bertz CT molecular complexity index is 1020. The Balaban J connectivity index is 1.88. The Hall–Kier alpha value is -2.11.